The maximum absolute atomic E-state index is 6.08. The van der Waals surface area contributed by atoms with E-state index >= 15 is 0 Å². The van der Waals surface area contributed by atoms with Gasteiger partial charge in [-0.3, -0.25) is 0 Å². The van der Waals surface area contributed by atoms with Crippen molar-refractivity contribution in [2.75, 3.05) is 0 Å². The molecule has 0 saturated carbocycles. The first-order chi connectivity index (χ1) is 9.08. The molecule has 0 saturated heterocycles. The molecule has 0 aliphatic rings. The summed E-state index contributed by atoms with van der Waals surface area (Å²) >= 11 is 0. The molecule has 2 heteroatoms. The van der Waals surface area contributed by atoms with E-state index in [-0.39, 0.29) is 0 Å². The van der Waals surface area contributed by atoms with Crippen molar-refractivity contribution in [1.29, 1.82) is 0 Å². The quantitative estimate of drug-likeness (QED) is 0.852. The van der Waals surface area contributed by atoms with Gasteiger partial charge in [-0.25, -0.2) is 0 Å². The zero-order valence-corrected chi connectivity index (χ0v) is 12.5. The zero-order chi connectivity index (χ0) is 14.0. The van der Waals surface area contributed by atoms with Crippen LogP contribution in [0.5, 0.6) is 0 Å². The van der Waals surface area contributed by atoms with Gasteiger partial charge < -0.3 is 10.2 Å². The summed E-state index contributed by atoms with van der Waals surface area (Å²) in [6.45, 7) is 9.42. The van der Waals surface area contributed by atoms with Gasteiger partial charge in [0.15, 0.2) is 0 Å². The lowest BCUT2D eigenvalue weighted by Gasteiger charge is -2.09. The second-order valence-corrected chi connectivity index (χ2v) is 5.84. The Morgan fingerprint density at radius 2 is 1.95 bits per heavy atom. The lowest BCUT2D eigenvalue weighted by molar-refractivity contribution is 0.530. The van der Waals surface area contributed by atoms with Gasteiger partial charge in [-0.15, -0.1) is 0 Å². The van der Waals surface area contributed by atoms with E-state index in [1.54, 1.807) is 0 Å². The summed E-state index contributed by atoms with van der Waals surface area (Å²) in [5.41, 5.74) is 9.52. The molecule has 0 aliphatic carbocycles. The van der Waals surface area contributed by atoms with Crippen LogP contribution in [0.1, 0.15) is 56.9 Å². The van der Waals surface area contributed by atoms with Crippen LogP contribution in [-0.4, -0.2) is 0 Å². The number of benzene rings is 1. The molecule has 19 heavy (non-hydrogen) atoms. The average Bonchev–Trinajstić information content (AvgIpc) is 2.75. The monoisotopic (exact) mass is 259 g/mol. The molecule has 1 atom stereocenters. The van der Waals surface area contributed by atoms with E-state index in [0.717, 1.165) is 24.2 Å². The van der Waals surface area contributed by atoms with E-state index in [1.807, 2.05) is 0 Å². The molecule has 1 unspecified atom stereocenters. The molecule has 0 bridgehead atoms. The first kappa shape index (κ1) is 14.1. The predicted octanol–water partition coefficient (Wildman–Crippen LogP) is 4.60. The minimum absolute atomic E-state index is 0.483. The molecule has 0 fully saturated rings. The summed E-state index contributed by atoms with van der Waals surface area (Å²) in [6, 6.07) is 6.49. The molecule has 1 aromatic heterocycles. The highest BCUT2D eigenvalue weighted by Crippen LogP contribution is 2.34. The second-order valence-electron chi connectivity index (χ2n) is 5.84. The lowest BCUT2D eigenvalue weighted by Crippen LogP contribution is -2.01. The highest BCUT2D eigenvalue weighted by atomic mass is 16.3. The Morgan fingerprint density at radius 3 is 2.53 bits per heavy atom. The lowest BCUT2D eigenvalue weighted by atomic mass is 9.94. The van der Waals surface area contributed by atoms with Gasteiger partial charge in [0.2, 0.25) is 0 Å². The fourth-order valence-corrected chi connectivity index (χ4v) is 2.65. The average molecular weight is 259 g/mol. The molecule has 2 aromatic rings. The normalized spacial score (nSPS) is 13.4. The maximum Gasteiger partial charge on any atom is 0.138 e. The Bertz CT molecular complexity index is 554. The number of nitrogens with two attached hydrogens (primary N) is 1. The summed E-state index contributed by atoms with van der Waals surface area (Å²) in [7, 11) is 0. The number of furan rings is 1. The fraction of sp³-hybridized carbons (Fsp3) is 0.529. The van der Waals surface area contributed by atoms with Gasteiger partial charge in [0, 0.05) is 10.9 Å². The van der Waals surface area contributed by atoms with E-state index in [1.165, 1.54) is 16.5 Å². The van der Waals surface area contributed by atoms with Crippen LogP contribution in [0.25, 0.3) is 11.0 Å². The van der Waals surface area contributed by atoms with Crippen molar-refractivity contribution in [1.82, 2.24) is 0 Å². The molecule has 0 radical (unpaired) electrons. The van der Waals surface area contributed by atoms with Gasteiger partial charge in [-0.2, -0.15) is 0 Å². The van der Waals surface area contributed by atoms with Crippen molar-refractivity contribution in [3.05, 3.63) is 35.1 Å². The van der Waals surface area contributed by atoms with Crippen molar-refractivity contribution in [3.63, 3.8) is 0 Å². The highest BCUT2D eigenvalue weighted by molar-refractivity contribution is 5.85. The molecule has 0 aliphatic heterocycles. The van der Waals surface area contributed by atoms with Crippen LogP contribution in [0, 0.1) is 5.92 Å². The molecule has 1 heterocycles. The Kier molecular flexibility index (Phi) is 4.31. The van der Waals surface area contributed by atoms with Crippen LogP contribution >= 0.6 is 0 Å². The van der Waals surface area contributed by atoms with Crippen LogP contribution in [-0.2, 0) is 13.0 Å². The third kappa shape index (κ3) is 2.69. The minimum atomic E-state index is 0.483. The first-order valence-corrected chi connectivity index (χ1v) is 7.31. The second kappa shape index (κ2) is 5.79. The number of rotatable bonds is 5. The number of para-hydroxylation sites is 1. The van der Waals surface area contributed by atoms with E-state index in [9.17, 15) is 0 Å². The molecule has 2 N–H and O–H groups in total. The van der Waals surface area contributed by atoms with E-state index < -0.39 is 0 Å². The molecule has 0 spiro atoms. The number of hydrogen-bond acceptors (Lipinski definition) is 2. The molecule has 1 aromatic carbocycles. The Hall–Kier alpha value is -1.28. The Balaban J connectivity index is 2.62. The smallest absolute Gasteiger partial charge is 0.138 e. The standard InChI is InChI=1S/C17H25NO/c1-5-12(4)13-7-6-8-14-15(9-11(2)3)16(10-18)19-17(13)14/h6-8,11-12H,5,9-10,18H2,1-4H3. The molecule has 2 nitrogen and oxygen atoms in total. The van der Waals surface area contributed by atoms with Gasteiger partial charge >= 0.3 is 0 Å². The summed E-state index contributed by atoms with van der Waals surface area (Å²) < 4.78 is 6.08. The van der Waals surface area contributed by atoms with Crippen LogP contribution in [0.15, 0.2) is 22.6 Å². The molecular formula is C17H25NO. The minimum Gasteiger partial charge on any atom is -0.459 e. The topological polar surface area (TPSA) is 39.2 Å². The first-order valence-electron chi connectivity index (χ1n) is 7.31. The van der Waals surface area contributed by atoms with Gasteiger partial charge in [0.25, 0.3) is 0 Å². The maximum atomic E-state index is 6.08. The van der Waals surface area contributed by atoms with Crippen LogP contribution < -0.4 is 5.73 Å². The molecule has 2 rings (SSSR count). The summed E-state index contributed by atoms with van der Waals surface area (Å²) in [5, 5.41) is 1.26. The van der Waals surface area contributed by atoms with Crippen molar-refractivity contribution in [2.45, 2.75) is 53.0 Å². The van der Waals surface area contributed by atoms with Gasteiger partial charge in [0.1, 0.15) is 11.3 Å². The summed E-state index contributed by atoms with van der Waals surface area (Å²) in [6.07, 6.45) is 2.15. The van der Waals surface area contributed by atoms with Crippen molar-refractivity contribution < 1.29 is 4.42 Å². The van der Waals surface area contributed by atoms with Gasteiger partial charge in [-0.1, -0.05) is 45.9 Å². The van der Waals surface area contributed by atoms with Crippen molar-refractivity contribution >= 4 is 11.0 Å². The third-order valence-electron chi connectivity index (χ3n) is 3.87. The van der Waals surface area contributed by atoms with Crippen LogP contribution in [0.4, 0.5) is 0 Å². The molecule has 0 amide bonds. The SMILES string of the molecule is CCC(C)c1cccc2c(CC(C)C)c(CN)oc12. The van der Waals surface area contributed by atoms with Crippen molar-refractivity contribution in [2.24, 2.45) is 11.7 Å². The van der Waals surface area contributed by atoms with Gasteiger partial charge in [-0.05, 0) is 30.2 Å². The number of fused-ring (bicyclic) bond motifs is 1. The van der Waals surface area contributed by atoms with Crippen LogP contribution in [0.2, 0.25) is 0 Å². The van der Waals surface area contributed by atoms with Crippen molar-refractivity contribution in [3.8, 4) is 0 Å². The third-order valence-corrected chi connectivity index (χ3v) is 3.87. The largest absolute Gasteiger partial charge is 0.459 e. The summed E-state index contributed by atoms with van der Waals surface area (Å²) in [5.74, 6) is 2.09. The predicted molar refractivity (Wildman–Crippen MR) is 81.4 cm³/mol. The Labute approximate surface area is 116 Å². The van der Waals surface area contributed by atoms with E-state index in [0.29, 0.717) is 18.4 Å². The zero-order valence-electron chi connectivity index (χ0n) is 12.5. The fourth-order valence-electron chi connectivity index (χ4n) is 2.65. The molecule has 104 valence electrons. The van der Waals surface area contributed by atoms with Crippen LogP contribution in [0.3, 0.4) is 0 Å². The van der Waals surface area contributed by atoms with Gasteiger partial charge in [0.05, 0.1) is 6.54 Å². The van der Waals surface area contributed by atoms with E-state index in [2.05, 4.69) is 45.9 Å². The Morgan fingerprint density at radius 1 is 1.21 bits per heavy atom. The number of hydrogen-bond donors (Lipinski definition) is 1. The highest BCUT2D eigenvalue weighted by Gasteiger charge is 2.18. The molecular weight excluding hydrogens is 234 g/mol. The summed E-state index contributed by atoms with van der Waals surface area (Å²) in [4.78, 5) is 0. The van der Waals surface area contributed by atoms with E-state index in [4.69, 9.17) is 10.2 Å².